The van der Waals surface area contributed by atoms with Crippen LogP contribution in [-0.4, -0.2) is 13.2 Å². The molecule has 0 aliphatic rings. The van der Waals surface area contributed by atoms with Crippen molar-refractivity contribution in [1.82, 2.24) is 8.96 Å². The minimum absolute atomic E-state index is 0.292. The zero-order chi connectivity index (χ0) is 18.3. The smallest absolute Gasteiger partial charge is 0.158 e. The van der Waals surface area contributed by atoms with Crippen molar-refractivity contribution in [3.63, 3.8) is 0 Å². The van der Waals surface area contributed by atoms with E-state index in [1.807, 2.05) is 43.5 Å². The molecule has 0 aliphatic heterocycles. The highest BCUT2D eigenvalue weighted by Gasteiger charge is 2.17. The predicted molar refractivity (Wildman–Crippen MR) is 106 cm³/mol. The lowest BCUT2D eigenvalue weighted by molar-refractivity contribution is 0.628. The van der Waals surface area contributed by atoms with E-state index in [0.29, 0.717) is 10.5 Å². The molecule has 3 nitrogen and oxygen atoms in total. The molecule has 0 bridgehead atoms. The molecule has 0 fully saturated rings. The summed E-state index contributed by atoms with van der Waals surface area (Å²) < 4.78 is 28.9. The van der Waals surface area contributed by atoms with E-state index in [9.17, 15) is 8.60 Å². The van der Waals surface area contributed by atoms with Crippen molar-refractivity contribution in [1.29, 1.82) is 0 Å². The number of benzene rings is 2. The average molecular weight is 429 g/mol. The average Bonchev–Trinajstić information content (AvgIpc) is 3.01. The molecule has 6 heteroatoms. The first-order valence-corrected chi connectivity index (χ1v) is 9.84. The van der Waals surface area contributed by atoms with Crippen LogP contribution in [0.2, 0.25) is 0 Å². The van der Waals surface area contributed by atoms with Gasteiger partial charge in [-0.15, -0.1) is 0 Å². The summed E-state index contributed by atoms with van der Waals surface area (Å²) in [5.41, 5.74) is 3.42. The summed E-state index contributed by atoms with van der Waals surface area (Å²) in [7, 11) is -1.43. The van der Waals surface area contributed by atoms with Crippen molar-refractivity contribution < 1.29 is 8.60 Å². The van der Waals surface area contributed by atoms with Crippen LogP contribution in [0.25, 0.3) is 22.2 Å². The van der Waals surface area contributed by atoms with Crippen LogP contribution in [0.3, 0.4) is 0 Å². The number of rotatable bonds is 3. The standard InChI is InChI=1S/C20H14BrFN2OS/c1-13-2-8-17(9-3-13)26(25)24-12-19(14-4-6-16(22)7-5-14)18-10-15(21)11-23-20(18)24/h2-12H,1H3. The van der Waals surface area contributed by atoms with Crippen molar-refractivity contribution in [2.24, 2.45) is 0 Å². The fourth-order valence-corrected chi connectivity index (χ4v) is 4.24. The highest BCUT2D eigenvalue weighted by atomic mass is 79.9. The number of aryl methyl sites for hydroxylation is 1. The number of aromatic nitrogens is 2. The summed E-state index contributed by atoms with van der Waals surface area (Å²) in [4.78, 5) is 5.15. The molecule has 4 rings (SSSR count). The Kier molecular flexibility index (Phi) is 4.46. The molecule has 0 aliphatic carbocycles. The molecule has 2 heterocycles. The van der Waals surface area contributed by atoms with Gasteiger partial charge in [-0.3, -0.25) is 0 Å². The van der Waals surface area contributed by atoms with Gasteiger partial charge in [-0.05, 0) is 58.7 Å². The monoisotopic (exact) mass is 428 g/mol. The second kappa shape index (κ2) is 6.78. The third-order valence-corrected chi connectivity index (χ3v) is 5.88. The van der Waals surface area contributed by atoms with Crippen LogP contribution >= 0.6 is 15.9 Å². The summed E-state index contributed by atoms with van der Waals surface area (Å²) in [5.74, 6) is -0.292. The fraction of sp³-hybridized carbons (Fsp3) is 0.0500. The number of pyridine rings is 1. The van der Waals surface area contributed by atoms with Gasteiger partial charge in [0, 0.05) is 27.8 Å². The lowest BCUT2D eigenvalue weighted by Crippen LogP contribution is -2.04. The third kappa shape index (κ3) is 3.10. The Morgan fingerprint density at radius 1 is 1.08 bits per heavy atom. The Morgan fingerprint density at radius 3 is 2.46 bits per heavy atom. The van der Waals surface area contributed by atoms with E-state index in [-0.39, 0.29) is 5.82 Å². The van der Waals surface area contributed by atoms with Crippen LogP contribution < -0.4 is 0 Å². The first-order chi connectivity index (χ1) is 12.5. The summed E-state index contributed by atoms with van der Waals surface area (Å²) >= 11 is 3.44. The molecule has 0 amide bonds. The second-order valence-electron chi connectivity index (χ2n) is 5.96. The van der Waals surface area contributed by atoms with Crippen molar-refractivity contribution in [3.8, 4) is 11.1 Å². The maximum Gasteiger partial charge on any atom is 0.158 e. The van der Waals surface area contributed by atoms with Gasteiger partial charge in [0.25, 0.3) is 0 Å². The molecule has 0 N–H and O–H groups in total. The fourth-order valence-electron chi connectivity index (χ4n) is 2.81. The molecular formula is C20H14BrFN2OS. The third-order valence-electron chi connectivity index (χ3n) is 4.14. The molecule has 0 spiro atoms. The number of nitrogens with zero attached hydrogens (tertiary/aromatic N) is 2. The van der Waals surface area contributed by atoms with Gasteiger partial charge in [0.1, 0.15) is 5.82 Å². The molecule has 26 heavy (non-hydrogen) atoms. The molecule has 0 radical (unpaired) electrons. The van der Waals surface area contributed by atoms with Gasteiger partial charge >= 0.3 is 0 Å². The number of hydrogen-bond acceptors (Lipinski definition) is 2. The van der Waals surface area contributed by atoms with E-state index in [4.69, 9.17) is 0 Å². The molecule has 0 saturated heterocycles. The first kappa shape index (κ1) is 17.1. The Labute approximate surface area is 161 Å². The summed E-state index contributed by atoms with van der Waals surface area (Å²) in [6.07, 6.45) is 3.49. The maximum atomic E-state index is 13.3. The van der Waals surface area contributed by atoms with Crippen LogP contribution in [-0.2, 0) is 11.0 Å². The normalized spacial score (nSPS) is 12.4. The maximum absolute atomic E-state index is 13.3. The van der Waals surface area contributed by atoms with Crippen LogP contribution in [0.5, 0.6) is 0 Å². The van der Waals surface area contributed by atoms with E-state index in [1.165, 1.54) is 12.1 Å². The van der Waals surface area contributed by atoms with Gasteiger partial charge in [0.15, 0.2) is 16.6 Å². The Hall–Kier alpha value is -2.31. The Bertz CT molecular complexity index is 1120. The van der Waals surface area contributed by atoms with Gasteiger partial charge in [-0.1, -0.05) is 29.8 Å². The molecule has 2 aromatic heterocycles. The van der Waals surface area contributed by atoms with Gasteiger partial charge < -0.3 is 0 Å². The van der Waals surface area contributed by atoms with E-state index in [0.717, 1.165) is 26.5 Å². The van der Waals surface area contributed by atoms with Crippen LogP contribution in [0.1, 0.15) is 5.56 Å². The van der Waals surface area contributed by atoms with Crippen molar-refractivity contribution in [2.45, 2.75) is 11.8 Å². The topological polar surface area (TPSA) is 34.9 Å². The molecule has 130 valence electrons. The minimum atomic E-state index is -1.43. The molecule has 4 aromatic rings. The second-order valence-corrected chi connectivity index (χ2v) is 8.24. The lowest BCUT2D eigenvalue weighted by atomic mass is 10.1. The Morgan fingerprint density at radius 2 is 1.77 bits per heavy atom. The number of halogens is 2. The van der Waals surface area contributed by atoms with E-state index < -0.39 is 11.0 Å². The lowest BCUT2D eigenvalue weighted by Gasteiger charge is -2.05. The number of fused-ring (bicyclic) bond motifs is 1. The largest absolute Gasteiger partial charge is 0.245 e. The summed E-state index contributed by atoms with van der Waals surface area (Å²) in [6.45, 7) is 1.99. The van der Waals surface area contributed by atoms with Gasteiger partial charge in [-0.2, -0.15) is 0 Å². The highest BCUT2D eigenvalue weighted by Crippen LogP contribution is 2.32. The van der Waals surface area contributed by atoms with Gasteiger partial charge in [0.2, 0.25) is 0 Å². The summed E-state index contributed by atoms with van der Waals surface area (Å²) in [6, 6.07) is 15.8. The SMILES string of the molecule is Cc1ccc(S(=O)n2cc(-c3ccc(F)cc3)c3cc(Br)cnc32)cc1. The molecular weight excluding hydrogens is 415 g/mol. The molecule has 1 unspecified atom stereocenters. The zero-order valence-electron chi connectivity index (χ0n) is 13.8. The minimum Gasteiger partial charge on any atom is -0.245 e. The van der Waals surface area contributed by atoms with Crippen LogP contribution in [0, 0.1) is 12.7 Å². The number of hydrogen-bond donors (Lipinski definition) is 0. The van der Waals surface area contributed by atoms with E-state index >= 15 is 0 Å². The predicted octanol–water partition coefficient (Wildman–Crippen LogP) is 5.48. The van der Waals surface area contributed by atoms with Gasteiger partial charge in [0.05, 0.1) is 4.90 Å². The quantitative estimate of drug-likeness (QED) is 0.432. The summed E-state index contributed by atoms with van der Waals surface area (Å²) in [5, 5.41) is 0.853. The van der Waals surface area contributed by atoms with Crippen molar-refractivity contribution in [3.05, 3.63) is 82.8 Å². The van der Waals surface area contributed by atoms with E-state index in [1.54, 1.807) is 22.3 Å². The van der Waals surface area contributed by atoms with Crippen molar-refractivity contribution in [2.75, 3.05) is 0 Å². The zero-order valence-corrected chi connectivity index (χ0v) is 16.2. The highest BCUT2D eigenvalue weighted by molar-refractivity contribution is 9.10. The van der Waals surface area contributed by atoms with Gasteiger partial charge in [-0.25, -0.2) is 17.6 Å². The first-order valence-electron chi connectivity index (χ1n) is 7.94. The molecule has 1 atom stereocenters. The van der Waals surface area contributed by atoms with E-state index in [2.05, 4.69) is 20.9 Å². The molecule has 2 aromatic carbocycles. The van der Waals surface area contributed by atoms with Crippen LogP contribution in [0.4, 0.5) is 4.39 Å². The van der Waals surface area contributed by atoms with Crippen molar-refractivity contribution >= 4 is 37.9 Å². The molecule has 0 saturated carbocycles. The van der Waals surface area contributed by atoms with Crippen LogP contribution in [0.15, 0.2) is 76.4 Å². The Balaban J connectivity index is 1.91.